The van der Waals surface area contributed by atoms with Gasteiger partial charge in [-0.05, 0) is 18.1 Å². The molecule has 0 radical (unpaired) electrons. The molecule has 0 aliphatic rings. The van der Waals surface area contributed by atoms with Crippen molar-refractivity contribution < 1.29 is 4.74 Å². The molecule has 0 saturated carbocycles. The second-order valence-electron chi connectivity index (χ2n) is 2.55. The van der Waals surface area contributed by atoms with Crippen LogP contribution >= 0.6 is 24.0 Å². The van der Waals surface area contributed by atoms with E-state index >= 15 is 0 Å². The Hall–Kier alpha value is -0.0200. The first kappa shape index (κ1) is 11.0. The molecular formula is C8H14OS2. The summed E-state index contributed by atoms with van der Waals surface area (Å²) in [4.78, 5) is 0. The highest BCUT2D eigenvalue weighted by molar-refractivity contribution is 8.22. The number of hydrogen-bond donors (Lipinski definition) is 0. The van der Waals surface area contributed by atoms with Crippen molar-refractivity contribution in [2.45, 2.75) is 13.8 Å². The van der Waals surface area contributed by atoms with Gasteiger partial charge in [-0.15, -0.1) is 0 Å². The smallest absolute Gasteiger partial charge is 0.220 e. The van der Waals surface area contributed by atoms with Crippen LogP contribution in [0.1, 0.15) is 13.8 Å². The number of thioether (sulfide) groups is 1. The first-order valence-electron chi connectivity index (χ1n) is 3.57. The Balaban J connectivity index is 3.29. The van der Waals surface area contributed by atoms with Crippen molar-refractivity contribution in [2.75, 3.05) is 12.4 Å². The van der Waals surface area contributed by atoms with Gasteiger partial charge in [0.1, 0.15) is 6.61 Å². The third-order valence-corrected chi connectivity index (χ3v) is 2.51. The lowest BCUT2D eigenvalue weighted by Gasteiger charge is -2.05. The van der Waals surface area contributed by atoms with E-state index in [0.717, 1.165) is 5.75 Å². The minimum atomic E-state index is 0.518. The summed E-state index contributed by atoms with van der Waals surface area (Å²) in [7, 11) is 0. The number of rotatable bonds is 4. The molecule has 0 heterocycles. The summed E-state index contributed by atoms with van der Waals surface area (Å²) >= 11 is 6.52. The van der Waals surface area contributed by atoms with Crippen LogP contribution in [0, 0.1) is 5.92 Å². The van der Waals surface area contributed by atoms with E-state index in [1.807, 2.05) is 0 Å². The molecule has 0 spiro atoms. The lowest BCUT2D eigenvalue weighted by atomic mass is 10.3. The van der Waals surface area contributed by atoms with E-state index in [9.17, 15) is 0 Å². The standard InChI is InChI=1S/C8H14OS2/c1-4-5-9-8(10)11-6-7(2)3/h4,7H,1,5-6H2,2-3H3. The predicted octanol–water partition coefficient (Wildman–Crippen LogP) is 2.86. The molecule has 0 N–H and O–H groups in total. The Kier molecular flexibility index (Phi) is 6.66. The molecule has 0 fully saturated rings. The van der Waals surface area contributed by atoms with E-state index in [-0.39, 0.29) is 0 Å². The summed E-state index contributed by atoms with van der Waals surface area (Å²) in [6.07, 6.45) is 1.70. The quantitative estimate of drug-likeness (QED) is 0.498. The van der Waals surface area contributed by atoms with Gasteiger partial charge in [-0.3, -0.25) is 0 Å². The summed E-state index contributed by atoms with van der Waals surface area (Å²) in [5.74, 6) is 1.68. The lowest BCUT2D eigenvalue weighted by Crippen LogP contribution is -2.00. The fourth-order valence-corrected chi connectivity index (χ4v) is 1.30. The molecule has 0 aliphatic heterocycles. The van der Waals surface area contributed by atoms with Crippen LogP contribution in [-0.2, 0) is 4.74 Å². The fraction of sp³-hybridized carbons (Fsp3) is 0.625. The Morgan fingerprint density at radius 2 is 2.36 bits per heavy atom. The summed E-state index contributed by atoms with van der Waals surface area (Å²) in [5, 5.41) is 0. The second-order valence-corrected chi connectivity index (χ2v) is 4.18. The van der Waals surface area contributed by atoms with E-state index in [4.69, 9.17) is 17.0 Å². The molecule has 0 atom stereocenters. The minimum absolute atomic E-state index is 0.518. The molecular weight excluding hydrogens is 176 g/mol. The fourth-order valence-electron chi connectivity index (χ4n) is 0.403. The lowest BCUT2D eigenvalue weighted by molar-refractivity contribution is 0.371. The maximum absolute atomic E-state index is 5.12. The van der Waals surface area contributed by atoms with Crippen molar-refractivity contribution in [3.8, 4) is 0 Å². The van der Waals surface area contributed by atoms with Crippen LogP contribution in [0.2, 0.25) is 0 Å². The van der Waals surface area contributed by atoms with E-state index in [1.54, 1.807) is 17.8 Å². The molecule has 0 amide bonds. The molecule has 3 heteroatoms. The van der Waals surface area contributed by atoms with Gasteiger partial charge in [-0.2, -0.15) is 0 Å². The van der Waals surface area contributed by atoms with Gasteiger partial charge in [0.2, 0.25) is 4.38 Å². The molecule has 0 aromatic carbocycles. The average molecular weight is 190 g/mol. The SMILES string of the molecule is C=CCOC(=S)SCC(C)C. The highest BCUT2D eigenvalue weighted by Gasteiger charge is 1.99. The predicted molar refractivity (Wildman–Crippen MR) is 56.0 cm³/mol. The Morgan fingerprint density at radius 3 is 2.82 bits per heavy atom. The molecule has 0 rings (SSSR count). The molecule has 11 heavy (non-hydrogen) atoms. The second kappa shape index (κ2) is 6.68. The first-order valence-corrected chi connectivity index (χ1v) is 4.96. The highest BCUT2D eigenvalue weighted by Crippen LogP contribution is 2.10. The molecule has 0 aromatic rings. The maximum Gasteiger partial charge on any atom is 0.220 e. The molecule has 0 aromatic heterocycles. The van der Waals surface area contributed by atoms with Crippen LogP contribution in [-0.4, -0.2) is 16.7 Å². The van der Waals surface area contributed by atoms with E-state index in [2.05, 4.69) is 20.4 Å². The Bertz CT molecular complexity index is 132. The molecule has 0 unspecified atom stereocenters. The molecule has 0 aliphatic carbocycles. The maximum atomic E-state index is 5.12. The molecule has 1 nitrogen and oxygen atoms in total. The van der Waals surface area contributed by atoms with Gasteiger partial charge in [0.05, 0.1) is 0 Å². The Labute approximate surface area is 78.2 Å². The van der Waals surface area contributed by atoms with Gasteiger partial charge in [-0.1, -0.05) is 38.3 Å². The zero-order valence-electron chi connectivity index (χ0n) is 7.00. The third kappa shape index (κ3) is 7.88. The normalized spacial score (nSPS) is 9.73. The van der Waals surface area contributed by atoms with E-state index in [0.29, 0.717) is 16.9 Å². The third-order valence-electron chi connectivity index (χ3n) is 0.854. The summed E-state index contributed by atoms with van der Waals surface area (Å²) < 4.78 is 5.74. The van der Waals surface area contributed by atoms with Crippen molar-refractivity contribution in [2.24, 2.45) is 5.92 Å². The van der Waals surface area contributed by atoms with Crippen LogP contribution < -0.4 is 0 Å². The van der Waals surface area contributed by atoms with Crippen LogP contribution in [0.25, 0.3) is 0 Å². The van der Waals surface area contributed by atoms with Gasteiger partial charge in [0, 0.05) is 5.75 Å². The average Bonchev–Trinajstić information content (AvgIpc) is 1.97. The van der Waals surface area contributed by atoms with Crippen LogP contribution in [0.3, 0.4) is 0 Å². The molecule has 0 bridgehead atoms. The summed E-state index contributed by atoms with van der Waals surface area (Å²) in [5.41, 5.74) is 0. The van der Waals surface area contributed by atoms with Gasteiger partial charge >= 0.3 is 0 Å². The zero-order chi connectivity index (χ0) is 8.69. The van der Waals surface area contributed by atoms with Crippen LogP contribution in [0.4, 0.5) is 0 Å². The van der Waals surface area contributed by atoms with Gasteiger partial charge in [-0.25, -0.2) is 0 Å². The van der Waals surface area contributed by atoms with E-state index < -0.39 is 0 Å². The largest absolute Gasteiger partial charge is 0.474 e. The Morgan fingerprint density at radius 1 is 1.73 bits per heavy atom. The van der Waals surface area contributed by atoms with Crippen LogP contribution in [0.15, 0.2) is 12.7 Å². The van der Waals surface area contributed by atoms with Crippen molar-refractivity contribution in [1.82, 2.24) is 0 Å². The first-order chi connectivity index (χ1) is 5.16. The van der Waals surface area contributed by atoms with Crippen molar-refractivity contribution in [3.05, 3.63) is 12.7 Å². The number of thiocarbonyl (C=S) groups is 1. The zero-order valence-corrected chi connectivity index (χ0v) is 8.63. The molecule has 64 valence electrons. The highest BCUT2D eigenvalue weighted by atomic mass is 32.2. The number of ether oxygens (including phenoxy) is 1. The topological polar surface area (TPSA) is 9.23 Å². The monoisotopic (exact) mass is 190 g/mol. The molecule has 0 saturated heterocycles. The van der Waals surface area contributed by atoms with Gasteiger partial charge in [0.25, 0.3) is 0 Å². The van der Waals surface area contributed by atoms with Gasteiger partial charge < -0.3 is 4.74 Å². The van der Waals surface area contributed by atoms with E-state index in [1.165, 1.54) is 0 Å². The van der Waals surface area contributed by atoms with Crippen LogP contribution in [0.5, 0.6) is 0 Å². The van der Waals surface area contributed by atoms with Crippen molar-refractivity contribution >= 4 is 28.4 Å². The van der Waals surface area contributed by atoms with Crippen molar-refractivity contribution in [3.63, 3.8) is 0 Å². The number of hydrogen-bond acceptors (Lipinski definition) is 3. The van der Waals surface area contributed by atoms with Gasteiger partial charge in [0.15, 0.2) is 0 Å². The van der Waals surface area contributed by atoms with Crippen molar-refractivity contribution in [1.29, 1.82) is 0 Å². The minimum Gasteiger partial charge on any atom is -0.474 e. The summed E-state index contributed by atoms with van der Waals surface area (Å²) in [6, 6.07) is 0. The summed E-state index contributed by atoms with van der Waals surface area (Å²) in [6.45, 7) is 8.36.